The lowest BCUT2D eigenvalue weighted by Crippen LogP contribution is -2.39. The molecular formula is C17H29NO2. The molecule has 0 aliphatic heterocycles. The zero-order chi connectivity index (χ0) is 15.0. The molecule has 2 atom stereocenters. The fraction of sp³-hybridized carbons (Fsp3) is 0.765. The van der Waals surface area contributed by atoms with Gasteiger partial charge < -0.3 is 14.8 Å². The number of aliphatic hydroxyl groups excluding tert-OH is 1. The molecule has 1 aliphatic rings. The zero-order valence-corrected chi connectivity index (χ0v) is 13.5. The highest BCUT2D eigenvalue weighted by molar-refractivity contribution is 5.29. The van der Waals surface area contributed by atoms with Crippen molar-refractivity contribution in [2.24, 2.45) is 10.8 Å². The van der Waals surface area contributed by atoms with Gasteiger partial charge in [-0.05, 0) is 31.2 Å². The molecule has 2 unspecified atom stereocenters. The molecule has 1 aromatic rings. The molecule has 2 rings (SSSR count). The lowest BCUT2D eigenvalue weighted by atomic mass is 9.74. The van der Waals surface area contributed by atoms with E-state index in [1.807, 2.05) is 6.92 Å². The molecule has 1 aliphatic carbocycles. The third-order valence-corrected chi connectivity index (χ3v) is 4.75. The second-order valence-corrected chi connectivity index (χ2v) is 7.54. The van der Waals surface area contributed by atoms with Crippen molar-refractivity contribution in [3.05, 3.63) is 23.2 Å². The van der Waals surface area contributed by atoms with Crippen molar-refractivity contribution >= 4 is 0 Å². The Kier molecular flexibility index (Phi) is 4.31. The fourth-order valence-electron chi connectivity index (χ4n) is 3.03. The summed E-state index contributed by atoms with van der Waals surface area (Å²) in [6, 6.07) is 2.51. The molecule has 0 saturated carbocycles. The van der Waals surface area contributed by atoms with Gasteiger partial charge in [-0.15, -0.1) is 0 Å². The van der Waals surface area contributed by atoms with Crippen LogP contribution >= 0.6 is 0 Å². The van der Waals surface area contributed by atoms with Gasteiger partial charge in [0.1, 0.15) is 11.5 Å². The summed E-state index contributed by atoms with van der Waals surface area (Å²) in [6.07, 6.45) is 3.10. The summed E-state index contributed by atoms with van der Waals surface area (Å²) >= 11 is 0. The molecule has 3 heteroatoms. The van der Waals surface area contributed by atoms with Gasteiger partial charge in [-0.3, -0.25) is 0 Å². The zero-order valence-electron chi connectivity index (χ0n) is 13.5. The summed E-state index contributed by atoms with van der Waals surface area (Å²) < 4.78 is 5.87. The number of nitrogens with one attached hydrogen (secondary N) is 1. The van der Waals surface area contributed by atoms with Crippen LogP contribution in [0.2, 0.25) is 0 Å². The number of furan rings is 1. The number of hydrogen-bond donors (Lipinski definition) is 2. The van der Waals surface area contributed by atoms with E-state index in [0.717, 1.165) is 37.3 Å². The number of hydrogen-bond acceptors (Lipinski definition) is 3. The minimum atomic E-state index is -0.0411. The van der Waals surface area contributed by atoms with Gasteiger partial charge in [0, 0.05) is 36.6 Å². The van der Waals surface area contributed by atoms with Crippen LogP contribution in [0.1, 0.15) is 63.7 Å². The lowest BCUT2D eigenvalue weighted by Gasteiger charge is -2.37. The summed E-state index contributed by atoms with van der Waals surface area (Å²) in [5.74, 6) is 2.14. The standard InChI is InChI=1S/C17H29NO2/c1-6-17(5,11-19)10-18-14-8-16(3,4)9-15-13(14)7-12(2)20-15/h7,14,18-19H,6,8-11H2,1-5H3. The Morgan fingerprint density at radius 2 is 2.20 bits per heavy atom. The molecule has 0 fully saturated rings. The first-order valence-electron chi connectivity index (χ1n) is 7.72. The second kappa shape index (κ2) is 5.53. The van der Waals surface area contributed by atoms with Crippen molar-refractivity contribution in [2.75, 3.05) is 13.2 Å². The molecule has 114 valence electrons. The molecule has 1 aromatic heterocycles. The van der Waals surface area contributed by atoms with Crippen molar-refractivity contribution in [1.82, 2.24) is 5.32 Å². The van der Waals surface area contributed by atoms with E-state index < -0.39 is 0 Å². The highest BCUT2D eigenvalue weighted by Gasteiger charge is 2.35. The summed E-state index contributed by atoms with van der Waals surface area (Å²) in [5, 5.41) is 13.2. The maximum atomic E-state index is 9.56. The van der Waals surface area contributed by atoms with E-state index >= 15 is 0 Å². The van der Waals surface area contributed by atoms with Crippen LogP contribution in [0.25, 0.3) is 0 Å². The predicted octanol–water partition coefficient (Wildman–Crippen LogP) is 3.60. The van der Waals surface area contributed by atoms with Crippen LogP contribution in [0.15, 0.2) is 10.5 Å². The maximum Gasteiger partial charge on any atom is 0.109 e. The highest BCUT2D eigenvalue weighted by Crippen LogP contribution is 2.42. The first-order chi connectivity index (χ1) is 9.28. The van der Waals surface area contributed by atoms with Crippen LogP contribution in [0.5, 0.6) is 0 Å². The van der Waals surface area contributed by atoms with Gasteiger partial charge in [0.15, 0.2) is 0 Å². The molecule has 20 heavy (non-hydrogen) atoms. The van der Waals surface area contributed by atoms with Crippen molar-refractivity contribution in [2.45, 2.75) is 59.9 Å². The van der Waals surface area contributed by atoms with Gasteiger partial charge in [0.05, 0.1) is 0 Å². The predicted molar refractivity (Wildman–Crippen MR) is 81.8 cm³/mol. The topological polar surface area (TPSA) is 45.4 Å². The average Bonchev–Trinajstić information content (AvgIpc) is 2.74. The van der Waals surface area contributed by atoms with E-state index in [2.05, 4.69) is 39.1 Å². The smallest absolute Gasteiger partial charge is 0.109 e. The van der Waals surface area contributed by atoms with Gasteiger partial charge in [-0.25, -0.2) is 0 Å². The average molecular weight is 279 g/mol. The van der Waals surface area contributed by atoms with E-state index in [4.69, 9.17) is 4.42 Å². The number of aliphatic hydroxyl groups is 1. The summed E-state index contributed by atoms with van der Waals surface area (Å²) in [4.78, 5) is 0. The molecule has 0 saturated heterocycles. The Bertz CT molecular complexity index is 458. The van der Waals surface area contributed by atoms with Crippen molar-refractivity contribution < 1.29 is 9.52 Å². The lowest BCUT2D eigenvalue weighted by molar-refractivity contribution is 0.125. The largest absolute Gasteiger partial charge is 0.466 e. The van der Waals surface area contributed by atoms with Crippen molar-refractivity contribution in [3.8, 4) is 0 Å². The molecule has 3 nitrogen and oxygen atoms in total. The van der Waals surface area contributed by atoms with Crippen LogP contribution in [0.4, 0.5) is 0 Å². The Balaban J connectivity index is 2.15. The van der Waals surface area contributed by atoms with Crippen LogP contribution in [-0.2, 0) is 6.42 Å². The summed E-state index contributed by atoms with van der Waals surface area (Å²) in [5.41, 5.74) is 1.54. The normalized spacial score (nSPS) is 24.2. The van der Waals surface area contributed by atoms with Gasteiger partial charge in [-0.1, -0.05) is 27.7 Å². The minimum Gasteiger partial charge on any atom is -0.466 e. The van der Waals surface area contributed by atoms with Gasteiger partial charge in [0.25, 0.3) is 0 Å². The SMILES string of the molecule is CCC(C)(CO)CNC1CC(C)(C)Cc2oc(C)cc21. The van der Waals surface area contributed by atoms with E-state index in [1.54, 1.807) is 0 Å². The van der Waals surface area contributed by atoms with Gasteiger partial charge in [0.2, 0.25) is 0 Å². The van der Waals surface area contributed by atoms with E-state index in [-0.39, 0.29) is 17.4 Å². The monoisotopic (exact) mass is 279 g/mol. The first-order valence-corrected chi connectivity index (χ1v) is 7.72. The van der Waals surface area contributed by atoms with E-state index in [1.165, 1.54) is 5.56 Å². The number of aryl methyl sites for hydroxylation is 1. The van der Waals surface area contributed by atoms with Crippen LogP contribution < -0.4 is 5.32 Å². The third-order valence-electron chi connectivity index (χ3n) is 4.75. The number of fused-ring (bicyclic) bond motifs is 1. The van der Waals surface area contributed by atoms with Crippen LogP contribution in [-0.4, -0.2) is 18.3 Å². The minimum absolute atomic E-state index is 0.0411. The fourth-order valence-corrected chi connectivity index (χ4v) is 3.03. The van der Waals surface area contributed by atoms with E-state index in [9.17, 15) is 5.11 Å². The molecule has 0 spiro atoms. The van der Waals surface area contributed by atoms with Gasteiger partial charge in [-0.2, -0.15) is 0 Å². The second-order valence-electron chi connectivity index (χ2n) is 7.54. The molecule has 0 amide bonds. The Labute approximate surface area is 122 Å². The maximum absolute atomic E-state index is 9.56. The van der Waals surface area contributed by atoms with Crippen molar-refractivity contribution in [3.63, 3.8) is 0 Å². The quantitative estimate of drug-likeness (QED) is 0.865. The van der Waals surface area contributed by atoms with Crippen LogP contribution in [0.3, 0.4) is 0 Å². The van der Waals surface area contributed by atoms with Crippen LogP contribution in [0, 0.1) is 17.8 Å². The molecule has 2 N–H and O–H groups in total. The number of rotatable bonds is 5. The Hall–Kier alpha value is -0.800. The third kappa shape index (κ3) is 3.26. The summed E-state index contributed by atoms with van der Waals surface area (Å²) in [6.45, 7) is 12.0. The molecular weight excluding hydrogens is 250 g/mol. The molecule has 0 aromatic carbocycles. The Morgan fingerprint density at radius 1 is 1.50 bits per heavy atom. The van der Waals surface area contributed by atoms with Crippen molar-refractivity contribution in [1.29, 1.82) is 0 Å². The highest BCUT2D eigenvalue weighted by atomic mass is 16.3. The molecule has 1 heterocycles. The first kappa shape index (κ1) is 15.6. The Morgan fingerprint density at radius 3 is 2.80 bits per heavy atom. The summed E-state index contributed by atoms with van der Waals surface area (Å²) in [7, 11) is 0. The molecule has 0 radical (unpaired) electrons. The van der Waals surface area contributed by atoms with Gasteiger partial charge >= 0.3 is 0 Å². The molecule has 0 bridgehead atoms. The van der Waals surface area contributed by atoms with E-state index in [0.29, 0.717) is 6.04 Å².